The third-order valence-corrected chi connectivity index (χ3v) is 3.49. The summed E-state index contributed by atoms with van der Waals surface area (Å²) in [6.07, 6.45) is 3.59. The van der Waals surface area contributed by atoms with Crippen molar-refractivity contribution in [2.24, 2.45) is 0 Å². The van der Waals surface area contributed by atoms with Gasteiger partial charge in [0.15, 0.2) is 0 Å². The molecular weight excluding hydrogens is 214 g/mol. The molecule has 0 aliphatic carbocycles. The second-order valence-electron chi connectivity index (χ2n) is 4.55. The van der Waals surface area contributed by atoms with Gasteiger partial charge in [0.05, 0.1) is 17.4 Å². The van der Waals surface area contributed by atoms with E-state index in [1.54, 1.807) is 13.3 Å². The van der Waals surface area contributed by atoms with Crippen LogP contribution in [0.2, 0.25) is 0 Å². The lowest BCUT2D eigenvalue weighted by atomic mass is 10.0. The van der Waals surface area contributed by atoms with Gasteiger partial charge in [-0.05, 0) is 36.1 Å². The number of rotatable bonds is 0. The number of amides is 1. The van der Waals surface area contributed by atoms with Gasteiger partial charge in [-0.15, -0.1) is 0 Å². The molecule has 17 heavy (non-hydrogen) atoms. The largest absolute Gasteiger partial charge is 0.345 e. The van der Waals surface area contributed by atoms with Crippen molar-refractivity contribution in [3.05, 3.63) is 29.6 Å². The molecule has 0 bridgehead atoms. The molecule has 0 unspecified atom stereocenters. The standard InChI is InChI=1S/C13H15N3O/c1-9(17)16-4-2-10-6-12-13(15-8-14-12)7-11(10)3-5-16/h6-8H,2-5H2,1H3,(H,14,15). The van der Waals surface area contributed by atoms with E-state index in [1.807, 2.05) is 4.90 Å². The highest BCUT2D eigenvalue weighted by Crippen LogP contribution is 2.21. The van der Waals surface area contributed by atoms with Gasteiger partial charge in [-0.1, -0.05) is 0 Å². The van der Waals surface area contributed by atoms with E-state index in [1.165, 1.54) is 11.1 Å². The zero-order valence-electron chi connectivity index (χ0n) is 9.86. The third kappa shape index (κ3) is 1.79. The summed E-state index contributed by atoms with van der Waals surface area (Å²) >= 11 is 0. The van der Waals surface area contributed by atoms with Crippen molar-refractivity contribution in [1.29, 1.82) is 0 Å². The number of hydrogen-bond donors (Lipinski definition) is 1. The fraction of sp³-hybridized carbons (Fsp3) is 0.385. The number of nitrogens with zero attached hydrogens (tertiary/aromatic N) is 2. The molecule has 1 amide bonds. The first-order valence-electron chi connectivity index (χ1n) is 5.94. The topological polar surface area (TPSA) is 49.0 Å². The molecule has 1 aromatic carbocycles. The van der Waals surface area contributed by atoms with E-state index >= 15 is 0 Å². The number of H-pyrrole nitrogens is 1. The van der Waals surface area contributed by atoms with Crippen molar-refractivity contribution in [1.82, 2.24) is 14.9 Å². The highest BCUT2D eigenvalue weighted by molar-refractivity contribution is 5.77. The van der Waals surface area contributed by atoms with Gasteiger partial charge >= 0.3 is 0 Å². The minimum Gasteiger partial charge on any atom is -0.345 e. The molecule has 0 saturated heterocycles. The number of aromatic nitrogens is 2. The molecule has 1 aliphatic rings. The Labute approximate surface area is 99.6 Å². The van der Waals surface area contributed by atoms with Gasteiger partial charge < -0.3 is 9.88 Å². The number of hydrogen-bond acceptors (Lipinski definition) is 2. The van der Waals surface area contributed by atoms with Crippen LogP contribution in [0.1, 0.15) is 18.1 Å². The molecular formula is C13H15N3O. The van der Waals surface area contributed by atoms with E-state index in [2.05, 4.69) is 22.1 Å². The van der Waals surface area contributed by atoms with Crippen LogP contribution >= 0.6 is 0 Å². The van der Waals surface area contributed by atoms with Gasteiger partial charge in [-0.25, -0.2) is 4.98 Å². The van der Waals surface area contributed by atoms with Crippen molar-refractivity contribution >= 4 is 16.9 Å². The Kier molecular flexibility index (Phi) is 2.35. The summed E-state index contributed by atoms with van der Waals surface area (Å²) in [7, 11) is 0. The molecule has 1 N–H and O–H groups in total. The monoisotopic (exact) mass is 229 g/mol. The lowest BCUT2D eigenvalue weighted by Gasteiger charge is -2.17. The average Bonchev–Trinajstić information content (AvgIpc) is 2.64. The maximum atomic E-state index is 11.4. The number of carbonyl (C=O) groups is 1. The number of imidazole rings is 1. The quantitative estimate of drug-likeness (QED) is 0.744. The van der Waals surface area contributed by atoms with E-state index in [0.29, 0.717) is 0 Å². The Morgan fingerprint density at radius 2 is 2.00 bits per heavy atom. The smallest absolute Gasteiger partial charge is 0.219 e. The zero-order valence-corrected chi connectivity index (χ0v) is 9.86. The fourth-order valence-electron chi connectivity index (χ4n) is 2.47. The summed E-state index contributed by atoms with van der Waals surface area (Å²) < 4.78 is 0. The number of aromatic amines is 1. The third-order valence-electron chi connectivity index (χ3n) is 3.49. The van der Waals surface area contributed by atoms with Gasteiger partial charge in [0.2, 0.25) is 5.91 Å². The molecule has 88 valence electrons. The number of carbonyl (C=O) groups excluding carboxylic acids is 1. The van der Waals surface area contributed by atoms with Crippen molar-refractivity contribution in [2.45, 2.75) is 19.8 Å². The summed E-state index contributed by atoms with van der Waals surface area (Å²) in [5, 5.41) is 0. The number of benzene rings is 1. The Morgan fingerprint density at radius 1 is 1.29 bits per heavy atom. The van der Waals surface area contributed by atoms with E-state index in [9.17, 15) is 4.79 Å². The predicted octanol–water partition coefficient (Wildman–Crippen LogP) is 1.51. The van der Waals surface area contributed by atoms with Crippen LogP contribution in [-0.4, -0.2) is 33.9 Å². The summed E-state index contributed by atoms with van der Waals surface area (Å²) in [6.45, 7) is 3.28. The Morgan fingerprint density at radius 3 is 2.71 bits per heavy atom. The van der Waals surface area contributed by atoms with Crippen molar-refractivity contribution < 1.29 is 4.79 Å². The molecule has 3 rings (SSSR count). The summed E-state index contributed by atoms with van der Waals surface area (Å²) in [4.78, 5) is 20.7. The SMILES string of the molecule is CC(=O)N1CCc2cc3nc[nH]c3cc2CC1. The molecule has 1 aliphatic heterocycles. The second kappa shape index (κ2) is 3.87. The van der Waals surface area contributed by atoms with Gasteiger partial charge in [0.25, 0.3) is 0 Å². The van der Waals surface area contributed by atoms with Crippen LogP contribution in [0.15, 0.2) is 18.5 Å². The molecule has 0 saturated carbocycles. The first-order chi connectivity index (χ1) is 8.24. The average molecular weight is 229 g/mol. The molecule has 2 heterocycles. The maximum Gasteiger partial charge on any atom is 0.219 e. The Balaban J connectivity index is 1.98. The van der Waals surface area contributed by atoms with Crippen molar-refractivity contribution in [2.75, 3.05) is 13.1 Å². The van der Waals surface area contributed by atoms with E-state index in [0.717, 1.165) is 37.0 Å². The maximum absolute atomic E-state index is 11.4. The number of fused-ring (bicyclic) bond motifs is 2. The minimum absolute atomic E-state index is 0.168. The molecule has 0 spiro atoms. The van der Waals surface area contributed by atoms with Crippen LogP contribution in [0.3, 0.4) is 0 Å². The van der Waals surface area contributed by atoms with Gasteiger partial charge in [-0.3, -0.25) is 4.79 Å². The van der Waals surface area contributed by atoms with Crippen LogP contribution < -0.4 is 0 Å². The van der Waals surface area contributed by atoms with Gasteiger partial charge in [-0.2, -0.15) is 0 Å². The van der Waals surface area contributed by atoms with Crippen LogP contribution in [0.4, 0.5) is 0 Å². The van der Waals surface area contributed by atoms with Crippen LogP contribution in [0.25, 0.3) is 11.0 Å². The van der Waals surface area contributed by atoms with Crippen LogP contribution in [-0.2, 0) is 17.6 Å². The van der Waals surface area contributed by atoms with E-state index in [4.69, 9.17) is 0 Å². The van der Waals surface area contributed by atoms with Gasteiger partial charge in [0.1, 0.15) is 0 Å². The molecule has 0 radical (unpaired) electrons. The van der Waals surface area contributed by atoms with Crippen molar-refractivity contribution in [3.63, 3.8) is 0 Å². The van der Waals surface area contributed by atoms with Gasteiger partial charge in [0, 0.05) is 20.0 Å². The highest BCUT2D eigenvalue weighted by atomic mass is 16.2. The molecule has 4 heteroatoms. The highest BCUT2D eigenvalue weighted by Gasteiger charge is 2.16. The zero-order chi connectivity index (χ0) is 11.8. The molecule has 2 aromatic rings. The van der Waals surface area contributed by atoms with E-state index < -0.39 is 0 Å². The van der Waals surface area contributed by atoms with Crippen LogP contribution in [0, 0.1) is 0 Å². The summed E-state index contributed by atoms with van der Waals surface area (Å²) in [5.41, 5.74) is 4.76. The normalized spacial score (nSPS) is 15.7. The van der Waals surface area contributed by atoms with Crippen LogP contribution in [0.5, 0.6) is 0 Å². The first-order valence-corrected chi connectivity index (χ1v) is 5.94. The number of nitrogens with one attached hydrogen (secondary N) is 1. The summed E-state index contributed by atoms with van der Waals surface area (Å²) in [5.74, 6) is 0.168. The second-order valence-corrected chi connectivity index (χ2v) is 4.55. The molecule has 0 fully saturated rings. The Hall–Kier alpha value is -1.84. The lowest BCUT2D eigenvalue weighted by molar-refractivity contribution is -0.128. The first kappa shape index (κ1) is 10.3. The molecule has 1 aromatic heterocycles. The van der Waals surface area contributed by atoms with E-state index in [-0.39, 0.29) is 5.91 Å². The van der Waals surface area contributed by atoms with Crippen molar-refractivity contribution in [3.8, 4) is 0 Å². The predicted molar refractivity (Wildman–Crippen MR) is 65.8 cm³/mol. The molecule has 0 atom stereocenters. The Bertz CT molecular complexity index is 531. The minimum atomic E-state index is 0.168. The lowest BCUT2D eigenvalue weighted by Crippen LogP contribution is -2.30. The summed E-state index contributed by atoms with van der Waals surface area (Å²) in [6, 6.07) is 4.31. The fourth-order valence-corrected chi connectivity index (χ4v) is 2.47. The molecule has 4 nitrogen and oxygen atoms in total.